The van der Waals surface area contributed by atoms with Gasteiger partial charge in [-0.25, -0.2) is 0 Å². The highest BCUT2D eigenvalue weighted by atomic mass is 16.3. The van der Waals surface area contributed by atoms with Gasteiger partial charge in [-0.2, -0.15) is 0 Å². The second-order valence-electron chi connectivity index (χ2n) is 6.16. The summed E-state index contributed by atoms with van der Waals surface area (Å²) in [6, 6.07) is 26.3. The van der Waals surface area contributed by atoms with Crippen molar-refractivity contribution < 1.29 is 9.90 Å². The Morgan fingerprint density at radius 2 is 1.37 bits per heavy atom. The second-order valence-corrected chi connectivity index (χ2v) is 6.16. The van der Waals surface area contributed by atoms with E-state index in [4.69, 9.17) is 0 Å². The highest BCUT2D eigenvalue weighted by molar-refractivity contribution is 5.94. The maximum Gasteiger partial charge on any atom is 0.276 e. The molecular weight excluding hydrogens is 338 g/mol. The van der Waals surface area contributed by atoms with Crippen LogP contribution < -0.4 is 0 Å². The monoisotopic (exact) mass is 355 g/mol. The van der Waals surface area contributed by atoms with Crippen LogP contribution in [0.2, 0.25) is 0 Å². The van der Waals surface area contributed by atoms with E-state index in [0.717, 1.165) is 16.6 Å². The van der Waals surface area contributed by atoms with Crippen LogP contribution in [0.25, 0.3) is 10.9 Å². The van der Waals surface area contributed by atoms with Crippen LogP contribution >= 0.6 is 0 Å². The second kappa shape index (κ2) is 7.25. The van der Waals surface area contributed by atoms with Gasteiger partial charge in [0.05, 0.1) is 11.4 Å². The predicted octanol–water partition coefficient (Wildman–Crippen LogP) is 5.32. The van der Waals surface area contributed by atoms with Crippen molar-refractivity contribution in [2.75, 3.05) is 0 Å². The molecule has 0 aliphatic heterocycles. The minimum Gasteiger partial charge on any atom is -0.493 e. The number of benzene rings is 3. The smallest absolute Gasteiger partial charge is 0.276 e. The van der Waals surface area contributed by atoms with Gasteiger partial charge < -0.3 is 10.1 Å². The molecule has 0 radical (unpaired) electrons. The number of amides is 1. The number of hydrogen-bond acceptors (Lipinski definition) is 3. The van der Waals surface area contributed by atoms with Gasteiger partial charge in [0.15, 0.2) is 5.69 Å². The van der Waals surface area contributed by atoms with Crippen LogP contribution in [0.1, 0.15) is 17.0 Å². The van der Waals surface area contributed by atoms with Crippen LogP contribution in [0.3, 0.4) is 0 Å². The SMILES string of the molecule is O=C(N=Nc1c(O)[nH]c2ccccc12)C(c1ccccc1)c1ccccc1. The number of fused-ring (bicyclic) bond motifs is 1. The molecule has 4 rings (SSSR count). The number of nitrogens with one attached hydrogen (secondary N) is 1. The quantitative estimate of drug-likeness (QED) is 0.486. The third-order valence-electron chi connectivity index (χ3n) is 4.42. The largest absolute Gasteiger partial charge is 0.493 e. The molecule has 0 aliphatic rings. The van der Waals surface area contributed by atoms with E-state index in [1.54, 1.807) is 0 Å². The summed E-state index contributed by atoms with van der Waals surface area (Å²) in [6.45, 7) is 0. The Hall–Kier alpha value is -3.73. The molecule has 1 aromatic heterocycles. The Kier molecular flexibility index (Phi) is 4.49. The predicted molar refractivity (Wildman–Crippen MR) is 104 cm³/mol. The summed E-state index contributed by atoms with van der Waals surface area (Å²) < 4.78 is 0. The number of azo groups is 1. The summed E-state index contributed by atoms with van der Waals surface area (Å²) in [4.78, 5) is 15.8. The lowest BCUT2D eigenvalue weighted by Crippen LogP contribution is -2.11. The molecule has 0 fully saturated rings. The fraction of sp³-hybridized carbons (Fsp3) is 0.0455. The van der Waals surface area contributed by atoms with Gasteiger partial charge in [-0.1, -0.05) is 78.9 Å². The summed E-state index contributed by atoms with van der Waals surface area (Å²) in [5, 5.41) is 18.8. The fourth-order valence-electron chi connectivity index (χ4n) is 3.14. The van der Waals surface area contributed by atoms with Gasteiger partial charge in [-0.3, -0.25) is 4.79 Å². The van der Waals surface area contributed by atoms with Crippen LogP contribution in [0, 0.1) is 0 Å². The molecule has 0 aliphatic carbocycles. The van der Waals surface area contributed by atoms with Crippen LogP contribution in [0.15, 0.2) is 95.2 Å². The molecule has 3 aromatic carbocycles. The first-order valence-corrected chi connectivity index (χ1v) is 8.59. The number of rotatable bonds is 4. The van der Waals surface area contributed by atoms with E-state index >= 15 is 0 Å². The number of carbonyl (C=O) groups excluding carboxylic acids is 1. The van der Waals surface area contributed by atoms with Gasteiger partial charge in [0.2, 0.25) is 5.88 Å². The van der Waals surface area contributed by atoms with E-state index in [1.165, 1.54) is 0 Å². The maximum absolute atomic E-state index is 12.9. The van der Waals surface area contributed by atoms with E-state index in [2.05, 4.69) is 15.2 Å². The number of H-pyrrole nitrogens is 1. The zero-order valence-electron chi connectivity index (χ0n) is 14.4. The normalized spacial score (nSPS) is 11.4. The van der Waals surface area contributed by atoms with Crippen molar-refractivity contribution in [1.82, 2.24) is 4.98 Å². The highest BCUT2D eigenvalue weighted by Crippen LogP contribution is 2.36. The number of aromatic hydroxyl groups is 1. The topological polar surface area (TPSA) is 77.8 Å². The standard InChI is InChI=1S/C22H17N3O2/c26-21(25-24-20-17-13-7-8-14-18(17)23-22(20)27)19(15-9-3-1-4-10-15)16-11-5-2-6-12-16/h1-14,19,23,27H. The first-order chi connectivity index (χ1) is 13.2. The number of nitrogens with zero attached hydrogens (tertiary/aromatic N) is 2. The molecule has 0 unspecified atom stereocenters. The highest BCUT2D eigenvalue weighted by Gasteiger charge is 2.23. The lowest BCUT2D eigenvalue weighted by molar-refractivity contribution is -0.118. The van der Waals surface area contributed by atoms with Crippen LogP contribution in [0.4, 0.5) is 5.69 Å². The maximum atomic E-state index is 12.9. The Labute approximate surface area is 156 Å². The Balaban J connectivity index is 1.72. The van der Waals surface area contributed by atoms with Crippen molar-refractivity contribution >= 4 is 22.5 Å². The first-order valence-electron chi connectivity index (χ1n) is 8.59. The van der Waals surface area contributed by atoms with E-state index in [9.17, 15) is 9.90 Å². The summed E-state index contributed by atoms with van der Waals surface area (Å²) in [5.74, 6) is -1.05. The number of para-hydroxylation sites is 1. The number of carbonyl (C=O) groups is 1. The molecule has 0 spiro atoms. The van der Waals surface area contributed by atoms with Gasteiger partial charge in [-0.05, 0) is 17.2 Å². The summed E-state index contributed by atoms with van der Waals surface area (Å²) in [5.41, 5.74) is 2.68. The Bertz CT molecular complexity index is 1060. The molecule has 1 heterocycles. The molecule has 0 saturated heterocycles. The molecule has 5 heteroatoms. The van der Waals surface area contributed by atoms with Crippen molar-refractivity contribution in [2.24, 2.45) is 10.2 Å². The third kappa shape index (κ3) is 3.35. The van der Waals surface area contributed by atoms with Crippen molar-refractivity contribution in [3.63, 3.8) is 0 Å². The lowest BCUT2D eigenvalue weighted by atomic mass is 9.91. The van der Waals surface area contributed by atoms with Crippen molar-refractivity contribution in [3.05, 3.63) is 96.1 Å². The number of hydrogen-bond donors (Lipinski definition) is 2. The molecule has 1 amide bonds. The molecule has 2 N–H and O–H groups in total. The molecule has 4 aromatic rings. The van der Waals surface area contributed by atoms with Crippen molar-refractivity contribution in [1.29, 1.82) is 0 Å². The van der Waals surface area contributed by atoms with Crippen molar-refractivity contribution in [3.8, 4) is 5.88 Å². The van der Waals surface area contributed by atoms with Crippen molar-refractivity contribution in [2.45, 2.75) is 5.92 Å². The van der Waals surface area contributed by atoms with Crippen LogP contribution in [-0.4, -0.2) is 16.0 Å². The first kappa shape index (κ1) is 16.7. The molecule has 27 heavy (non-hydrogen) atoms. The molecule has 0 saturated carbocycles. The van der Waals surface area contributed by atoms with Gasteiger partial charge >= 0.3 is 0 Å². The zero-order valence-corrected chi connectivity index (χ0v) is 14.4. The van der Waals surface area contributed by atoms with Gasteiger partial charge in [0, 0.05) is 5.39 Å². The summed E-state index contributed by atoms with van der Waals surface area (Å²) in [6.07, 6.45) is 0. The van der Waals surface area contributed by atoms with E-state index < -0.39 is 11.8 Å². The average Bonchev–Trinajstić information content (AvgIpc) is 3.03. The molecule has 132 valence electrons. The molecule has 0 bridgehead atoms. The van der Waals surface area contributed by atoms with Gasteiger partial charge in [0.1, 0.15) is 0 Å². The summed E-state index contributed by atoms with van der Waals surface area (Å²) in [7, 11) is 0. The van der Waals surface area contributed by atoms with Gasteiger partial charge in [0.25, 0.3) is 5.91 Å². The molecule has 0 atom stereocenters. The number of aromatic amines is 1. The molecule has 5 nitrogen and oxygen atoms in total. The minimum absolute atomic E-state index is 0.108. The van der Waals surface area contributed by atoms with Gasteiger partial charge in [-0.15, -0.1) is 10.2 Å². The fourth-order valence-corrected chi connectivity index (χ4v) is 3.14. The molecular formula is C22H17N3O2. The van der Waals surface area contributed by atoms with E-state index in [0.29, 0.717) is 5.39 Å². The average molecular weight is 355 g/mol. The number of aromatic nitrogens is 1. The van der Waals surface area contributed by atoms with Crippen LogP contribution in [-0.2, 0) is 4.79 Å². The minimum atomic E-state index is -0.552. The zero-order chi connectivity index (χ0) is 18.6. The Morgan fingerprint density at radius 1 is 0.815 bits per heavy atom. The van der Waals surface area contributed by atoms with Crippen LogP contribution in [0.5, 0.6) is 5.88 Å². The Morgan fingerprint density at radius 3 is 2.00 bits per heavy atom. The lowest BCUT2D eigenvalue weighted by Gasteiger charge is -2.13. The third-order valence-corrected chi connectivity index (χ3v) is 4.42. The summed E-state index contributed by atoms with van der Waals surface area (Å²) >= 11 is 0. The van der Waals surface area contributed by atoms with E-state index in [-0.39, 0.29) is 11.6 Å². The van der Waals surface area contributed by atoms with E-state index in [1.807, 2.05) is 84.9 Å².